The van der Waals surface area contributed by atoms with Crippen molar-refractivity contribution in [1.29, 1.82) is 0 Å². The highest BCUT2D eigenvalue weighted by molar-refractivity contribution is 6.30. The van der Waals surface area contributed by atoms with E-state index in [9.17, 15) is 0 Å². The molecule has 2 aromatic rings. The zero-order valence-corrected chi connectivity index (χ0v) is 15.0. The van der Waals surface area contributed by atoms with Gasteiger partial charge < -0.3 is 5.32 Å². The molecule has 5 heteroatoms. The van der Waals surface area contributed by atoms with Crippen LogP contribution in [-0.2, 0) is 18.5 Å². The Bertz CT molecular complexity index is 731. The van der Waals surface area contributed by atoms with E-state index in [1.165, 1.54) is 0 Å². The largest absolute Gasteiger partial charge is 0.317 e. The fourth-order valence-corrected chi connectivity index (χ4v) is 4.32. The van der Waals surface area contributed by atoms with Gasteiger partial charge in [-0.25, -0.2) is 4.39 Å². The van der Waals surface area contributed by atoms with Crippen LogP contribution in [0.4, 0.5) is 4.39 Å². The molecule has 0 amide bonds. The van der Waals surface area contributed by atoms with Crippen LogP contribution in [0.25, 0.3) is 0 Å². The Labute approximate surface area is 153 Å². The molecular weight excluding hydrogens is 346 g/mol. The van der Waals surface area contributed by atoms with E-state index in [0.717, 1.165) is 55.5 Å². The van der Waals surface area contributed by atoms with Gasteiger partial charge in [0.2, 0.25) is 0 Å². The SMILES string of the molecule is Cl.FC1(C2CCNCC2)c2ccc(Cl)cc2CCc2cccnc21. The molecule has 0 saturated carbocycles. The third-order valence-electron chi connectivity index (χ3n) is 5.26. The van der Waals surface area contributed by atoms with Crippen LogP contribution in [-0.4, -0.2) is 18.1 Å². The summed E-state index contributed by atoms with van der Waals surface area (Å²) in [4.78, 5) is 4.50. The lowest BCUT2D eigenvalue weighted by Gasteiger charge is -2.37. The third kappa shape index (κ3) is 2.83. The number of aryl methyl sites for hydroxylation is 2. The zero-order chi connectivity index (χ0) is 15.9. The van der Waals surface area contributed by atoms with Crippen molar-refractivity contribution < 1.29 is 4.39 Å². The van der Waals surface area contributed by atoms with E-state index in [2.05, 4.69) is 10.3 Å². The normalized spacial score (nSPS) is 23.6. The molecule has 1 unspecified atom stereocenters. The summed E-state index contributed by atoms with van der Waals surface area (Å²) in [7, 11) is 0. The fraction of sp³-hybridized carbons (Fsp3) is 0.421. The predicted octanol–water partition coefficient (Wildman–Crippen LogP) is 4.47. The van der Waals surface area contributed by atoms with Gasteiger partial charge in [0.25, 0.3) is 0 Å². The van der Waals surface area contributed by atoms with E-state index < -0.39 is 5.67 Å². The van der Waals surface area contributed by atoms with E-state index in [1.807, 2.05) is 30.3 Å². The fourth-order valence-electron chi connectivity index (χ4n) is 4.12. The summed E-state index contributed by atoms with van der Waals surface area (Å²) in [6.07, 6.45) is 5.00. The number of pyridine rings is 1. The number of benzene rings is 1. The van der Waals surface area contributed by atoms with Gasteiger partial charge in [0, 0.05) is 17.1 Å². The maximum Gasteiger partial charge on any atom is 0.181 e. The summed E-state index contributed by atoms with van der Waals surface area (Å²) in [5, 5.41) is 4.01. The minimum atomic E-state index is -1.52. The second-order valence-electron chi connectivity index (χ2n) is 6.55. The van der Waals surface area contributed by atoms with Crippen LogP contribution in [0.1, 0.15) is 35.2 Å². The lowest BCUT2D eigenvalue weighted by Crippen LogP contribution is -2.41. The zero-order valence-electron chi connectivity index (χ0n) is 13.4. The van der Waals surface area contributed by atoms with Gasteiger partial charge >= 0.3 is 0 Å². The molecule has 4 rings (SSSR count). The lowest BCUT2D eigenvalue weighted by atomic mass is 9.74. The van der Waals surface area contributed by atoms with Crippen LogP contribution in [0.5, 0.6) is 0 Å². The second-order valence-corrected chi connectivity index (χ2v) is 6.99. The Balaban J connectivity index is 0.00000169. The van der Waals surface area contributed by atoms with Gasteiger partial charge in [-0.1, -0.05) is 23.7 Å². The number of hydrogen-bond acceptors (Lipinski definition) is 2. The van der Waals surface area contributed by atoms with Crippen molar-refractivity contribution >= 4 is 24.0 Å². The first-order chi connectivity index (χ1) is 11.2. The molecule has 128 valence electrons. The van der Waals surface area contributed by atoms with Crippen molar-refractivity contribution in [3.8, 4) is 0 Å². The molecule has 1 saturated heterocycles. The van der Waals surface area contributed by atoms with Crippen LogP contribution >= 0.6 is 24.0 Å². The maximum atomic E-state index is 16.7. The summed E-state index contributed by atoms with van der Waals surface area (Å²) < 4.78 is 16.7. The monoisotopic (exact) mass is 366 g/mol. The van der Waals surface area contributed by atoms with E-state index in [-0.39, 0.29) is 18.3 Å². The molecule has 24 heavy (non-hydrogen) atoms. The topological polar surface area (TPSA) is 24.9 Å². The summed E-state index contributed by atoms with van der Waals surface area (Å²) in [5.74, 6) is -0.0459. The molecule has 1 aromatic carbocycles. The number of fused-ring (bicyclic) bond motifs is 2. The number of piperidine rings is 1. The lowest BCUT2D eigenvalue weighted by molar-refractivity contribution is 0.0947. The van der Waals surface area contributed by atoms with Gasteiger partial charge in [0.05, 0.1) is 5.69 Å². The van der Waals surface area contributed by atoms with Gasteiger partial charge in [-0.3, -0.25) is 4.98 Å². The predicted molar refractivity (Wildman–Crippen MR) is 97.8 cm³/mol. The van der Waals surface area contributed by atoms with Crippen LogP contribution in [0.15, 0.2) is 36.5 Å². The van der Waals surface area contributed by atoms with Crippen molar-refractivity contribution in [2.45, 2.75) is 31.4 Å². The van der Waals surface area contributed by atoms with E-state index in [1.54, 1.807) is 6.20 Å². The summed E-state index contributed by atoms with van der Waals surface area (Å²) >= 11 is 6.17. The van der Waals surface area contributed by atoms with Gasteiger partial charge in [0.1, 0.15) is 0 Å². The van der Waals surface area contributed by atoms with Crippen LogP contribution in [0.2, 0.25) is 5.02 Å². The van der Waals surface area contributed by atoms with Crippen LogP contribution in [0.3, 0.4) is 0 Å². The van der Waals surface area contributed by atoms with Crippen molar-refractivity contribution in [3.63, 3.8) is 0 Å². The quantitative estimate of drug-likeness (QED) is 0.805. The smallest absolute Gasteiger partial charge is 0.181 e. The Hall–Kier alpha value is -1.16. The second kappa shape index (κ2) is 6.99. The first kappa shape index (κ1) is 17.7. The van der Waals surface area contributed by atoms with E-state index in [0.29, 0.717) is 10.7 Å². The standard InChI is InChI=1S/C19H20ClFN2.ClH/c20-16-5-6-17-14(12-16)4-3-13-2-1-9-23-18(13)19(17,21)15-7-10-22-11-8-15;/h1-2,5-6,9,12,15,22H,3-4,7-8,10-11H2;1H. The Morgan fingerprint density at radius 1 is 1.12 bits per heavy atom. The molecule has 1 aliphatic heterocycles. The molecule has 1 atom stereocenters. The minimum absolute atomic E-state index is 0. The highest BCUT2D eigenvalue weighted by Gasteiger charge is 2.47. The minimum Gasteiger partial charge on any atom is -0.317 e. The van der Waals surface area contributed by atoms with Crippen molar-refractivity contribution in [2.24, 2.45) is 5.92 Å². The van der Waals surface area contributed by atoms with E-state index >= 15 is 4.39 Å². The molecule has 1 aromatic heterocycles. The van der Waals surface area contributed by atoms with Gasteiger partial charge in [0.15, 0.2) is 5.67 Å². The maximum absolute atomic E-state index is 16.7. The molecule has 2 nitrogen and oxygen atoms in total. The average molecular weight is 367 g/mol. The van der Waals surface area contributed by atoms with Gasteiger partial charge in [-0.15, -0.1) is 12.4 Å². The van der Waals surface area contributed by atoms with Crippen molar-refractivity contribution in [2.75, 3.05) is 13.1 Å². The highest BCUT2D eigenvalue weighted by atomic mass is 35.5. The Morgan fingerprint density at radius 3 is 2.67 bits per heavy atom. The number of halogens is 3. The molecular formula is C19H21Cl2FN2. The van der Waals surface area contributed by atoms with Crippen LogP contribution < -0.4 is 5.32 Å². The number of hydrogen-bond donors (Lipinski definition) is 1. The molecule has 1 aliphatic carbocycles. The molecule has 2 aliphatic rings. The van der Waals surface area contributed by atoms with Gasteiger partial charge in [-0.05, 0) is 73.7 Å². The average Bonchev–Trinajstić information content (AvgIpc) is 2.72. The van der Waals surface area contributed by atoms with Crippen LogP contribution in [0, 0.1) is 5.92 Å². The molecule has 0 radical (unpaired) electrons. The molecule has 1 N–H and O–H groups in total. The first-order valence-corrected chi connectivity index (χ1v) is 8.70. The number of alkyl halides is 1. The van der Waals surface area contributed by atoms with Crippen molar-refractivity contribution in [1.82, 2.24) is 10.3 Å². The Kier molecular flexibility index (Phi) is 5.14. The first-order valence-electron chi connectivity index (χ1n) is 8.32. The van der Waals surface area contributed by atoms with Crippen molar-refractivity contribution in [3.05, 3.63) is 63.9 Å². The molecule has 0 spiro atoms. The third-order valence-corrected chi connectivity index (χ3v) is 5.50. The molecule has 2 heterocycles. The highest BCUT2D eigenvalue weighted by Crippen LogP contribution is 2.48. The summed E-state index contributed by atoms with van der Waals surface area (Å²) in [6.45, 7) is 1.73. The van der Waals surface area contributed by atoms with Gasteiger partial charge in [-0.2, -0.15) is 0 Å². The molecule has 1 fully saturated rings. The summed E-state index contributed by atoms with van der Waals surface area (Å²) in [6, 6.07) is 9.54. The summed E-state index contributed by atoms with van der Waals surface area (Å²) in [5.41, 5.74) is 1.92. The number of rotatable bonds is 1. The number of aromatic nitrogens is 1. The van der Waals surface area contributed by atoms with E-state index in [4.69, 9.17) is 11.6 Å². The Morgan fingerprint density at radius 2 is 1.88 bits per heavy atom. The number of nitrogens with zero attached hydrogens (tertiary/aromatic N) is 1. The number of nitrogens with one attached hydrogen (secondary N) is 1. The molecule has 0 bridgehead atoms.